The first-order valence-electron chi connectivity index (χ1n) is 11.3. The summed E-state index contributed by atoms with van der Waals surface area (Å²) in [6.07, 6.45) is -0.810. The molecular formula is C22H27F3N6O4. The minimum Gasteiger partial charge on any atom is -0.486 e. The van der Waals surface area contributed by atoms with Crippen LogP contribution >= 0.6 is 0 Å². The van der Waals surface area contributed by atoms with Crippen LogP contribution in [0.25, 0.3) is 0 Å². The number of ether oxygens (including phenoxy) is 3. The molecule has 1 saturated heterocycles. The Labute approximate surface area is 199 Å². The number of benzene rings is 1. The number of urea groups is 1. The van der Waals surface area contributed by atoms with E-state index in [1.807, 2.05) is 0 Å². The van der Waals surface area contributed by atoms with Crippen molar-refractivity contribution in [3.8, 4) is 17.4 Å². The molecule has 4 N–H and O–H groups in total. The smallest absolute Gasteiger partial charge is 0.486 e. The van der Waals surface area contributed by atoms with E-state index >= 15 is 0 Å². The molecular weight excluding hydrogens is 469 g/mol. The second-order valence-electron chi connectivity index (χ2n) is 8.29. The Morgan fingerprint density at radius 1 is 1.06 bits per heavy atom. The molecule has 2 fully saturated rings. The van der Waals surface area contributed by atoms with Crippen molar-refractivity contribution in [3.05, 3.63) is 30.6 Å². The van der Waals surface area contributed by atoms with Crippen LogP contribution in [-0.4, -0.2) is 60.7 Å². The molecule has 0 spiro atoms. The summed E-state index contributed by atoms with van der Waals surface area (Å²) in [5, 5.41) is 11.4. The molecule has 10 nitrogen and oxygen atoms in total. The van der Waals surface area contributed by atoms with Gasteiger partial charge in [0.2, 0.25) is 5.88 Å². The number of nitrogens with zero attached hydrogens (tertiary/aromatic N) is 2. The Morgan fingerprint density at radius 2 is 1.83 bits per heavy atom. The van der Waals surface area contributed by atoms with Crippen molar-refractivity contribution in [2.24, 2.45) is 0 Å². The summed E-state index contributed by atoms with van der Waals surface area (Å²) in [6.45, 7) is 1.23. The zero-order chi connectivity index (χ0) is 24.8. The fourth-order valence-corrected chi connectivity index (χ4v) is 3.81. The minimum absolute atomic E-state index is 0.0389. The van der Waals surface area contributed by atoms with E-state index < -0.39 is 18.1 Å². The molecule has 35 heavy (non-hydrogen) atoms. The van der Waals surface area contributed by atoms with E-state index in [1.54, 1.807) is 13.1 Å². The maximum Gasteiger partial charge on any atom is 0.573 e. The van der Waals surface area contributed by atoms with Crippen LogP contribution in [0, 0.1) is 0 Å². The molecule has 13 heteroatoms. The van der Waals surface area contributed by atoms with E-state index in [9.17, 15) is 18.0 Å². The lowest BCUT2D eigenvalue weighted by Crippen LogP contribution is -2.50. The van der Waals surface area contributed by atoms with Crippen LogP contribution in [0.15, 0.2) is 30.6 Å². The predicted molar refractivity (Wildman–Crippen MR) is 121 cm³/mol. The molecule has 0 radical (unpaired) electrons. The number of carbonyl (C=O) groups excluding carboxylic acids is 1. The van der Waals surface area contributed by atoms with Gasteiger partial charge in [-0.3, -0.25) is 0 Å². The highest BCUT2D eigenvalue weighted by Gasteiger charge is 2.32. The fourth-order valence-electron chi connectivity index (χ4n) is 3.81. The second-order valence-corrected chi connectivity index (χ2v) is 8.29. The number of anilines is 2. The first-order valence-corrected chi connectivity index (χ1v) is 11.3. The lowest BCUT2D eigenvalue weighted by Gasteiger charge is -2.30. The lowest BCUT2D eigenvalue weighted by molar-refractivity contribution is -0.274. The van der Waals surface area contributed by atoms with Crippen molar-refractivity contribution in [2.45, 2.75) is 50.3 Å². The molecule has 2 heterocycles. The van der Waals surface area contributed by atoms with Crippen molar-refractivity contribution < 1.29 is 32.2 Å². The molecule has 0 bridgehead atoms. The summed E-state index contributed by atoms with van der Waals surface area (Å²) in [5.41, 5.74) is 0.0947. The molecule has 1 aliphatic heterocycles. The van der Waals surface area contributed by atoms with Crippen LogP contribution in [0.4, 0.5) is 29.5 Å². The first-order chi connectivity index (χ1) is 16.8. The molecule has 2 aliphatic rings. The van der Waals surface area contributed by atoms with Gasteiger partial charge < -0.3 is 35.5 Å². The van der Waals surface area contributed by atoms with E-state index in [2.05, 4.69) is 36.0 Å². The molecule has 2 amide bonds. The number of nitrogens with one attached hydrogen (secondary N) is 4. The van der Waals surface area contributed by atoms with Gasteiger partial charge in [-0.2, -0.15) is 0 Å². The molecule has 190 valence electrons. The molecule has 0 unspecified atom stereocenters. The summed E-state index contributed by atoms with van der Waals surface area (Å²) >= 11 is 0. The number of rotatable bonds is 8. The number of hydrogen-bond donors (Lipinski definition) is 4. The zero-order valence-corrected chi connectivity index (χ0v) is 19.0. The number of halogens is 3. The number of hydrogen-bond acceptors (Lipinski definition) is 8. The fraction of sp³-hybridized carbons (Fsp3) is 0.500. The van der Waals surface area contributed by atoms with Gasteiger partial charge in [0.1, 0.15) is 35.9 Å². The average Bonchev–Trinajstić information content (AvgIpc) is 2.78. The number of aromatic nitrogens is 2. The Hall–Kier alpha value is -3.48. The van der Waals surface area contributed by atoms with E-state index in [0.29, 0.717) is 50.5 Å². The summed E-state index contributed by atoms with van der Waals surface area (Å²) in [4.78, 5) is 20.8. The highest BCUT2D eigenvalue weighted by Crippen LogP contribution is 2.33. The Bertz CT molecular complexity index is 1010. The summed E-state index contributed by atoms with van der Waals surface area (Å²) in [6, 6.07) is 4.67. The van der Waals surface area contributed by atoms with E-state index in [4.69, 9.17) is 9.47 Å². The van der Waals surface area contributed by atoms with Gasteiger partial charge in [0, 0.05) is 38.3 Å². The van der Waals surface area contributed by atoms with Gasteiger partial charge in [0.05, 0.1) is 5.69 Å². The van der Waals surface area contributed by atoms with Gasteiger partial charge in [0.15, 0.2) is 0 Å². The maximum absolute atomic E-state index is 12.6. The average molecular weight is 496 g/mol. The molecule has 1 aromatic carbocycles. The summed E-state index contributed by atoms with van der Waals surface area (Å²) in [7, 11) is 1.76. The van der Waals surface area contributed by atoms with E-state index in [1.165, 1.54) is 12.4 Å². The lowest BCUT2D eigenvalue weighted by atomic mass is 9.93. The third-order valence-corrected chi connectivity index (χ3v) is 5.67. The Kier molecular flexibility index (Phi) is 7.63. The van der Waals surface area contributed by atoms with Crippen molar-refractivity contribution in [1.82, 2.24) is 20.6 Å². The Balaban J connectivity index is 1.31. The molecule has 1 saturated carbocycles. The summed E-state index contributed by atoms with van der Waals surface area (Å²) in [5.74, 6) is 0.956. The maximum atomic E-state index is 12.6. The third kappa shape index (κ3) is 7.25. The van der Waals surface area contributed by atoms with E-state index in [0.717, 1.165) is 12.1 Å². The first kappa shape index (κ1) is 24.6. The zero-order valence-electron chi connectivity index (χ0n) is 19.0. The topological polar surface area (TPSA) is 119 Å². The quantitative estimate of drug-likeness (QED) is 0.440. The SMILES string of the molecule is CNc1cc(O[C@H]2CC[C@H](NC(=O)Nc3cc(OC(F)(F)F)ccc3OC3CNC3)CC2)ncn1. The van der Waals surface area contributed by atoms with Crippen LogP contribution in [0.5, 0.6) is 17.4 Å². The van der Waals surface area contributed by atoms with Gasteiger partial charge in [-0.05, 0) is 37.8 Å². The van der Waals surface area contributed by atoms with Crippen LogP contribution < -0.4 is 35.5 Å². The van der Waals surface area contributed by atoms with Gasteiger partial charge in [-0.15, -0.1) is 13.2 Å². The van der Waals surface area contributed by atoms with Crippen molar-refractivity contribution in [1.29, 1.82) is 0 Å². The Morgan fingerprint density at radius 3 is 2.49 bits per heavy atom. The largest absolute Gasteiger partial charge is 0.573 e. The number of amides is 2. The van der Waals surface area contributed by atoms with Gasteiger partial charge >= 0.3 is 12.4 Å². The number of carbonyl (C=O) groups is 1. The van der Waals surface area contributed by atoms with Gasteiger partial charge in [-0.1, -0.05) is 0 Å². The van der Waals surface area contributed by atoms with Crippen LogP contribution in [0.3, 0.4) is 0 Å². The minimum atomic E-state index is -4.85. The van der Waals surface area contributed by atoms with Crippen molar-refractivity contribution >= 4 is 17.5 Å². The highest BCUT2D eigenvalue weighted by molar-refractivity contribution is 5.91. The monoisotopic (exact) mass is 496 g/mol. The number of alkyl halides is 3. The van der Waals surface area contributed by atoms with Gasteiger partial charge in [-0.25, -0.2) is 14.8 Å². The standard InChI is InChI=1S/C22H27F3N6O4/c1-26-19-9-20(29-12-28-19)34-14-4-2-13(3-5-14)30-21(32)31-17-8-15(35-22(23,24)25)6-7-18(17)33-16-10-27-11-16/h6-9,12-14,16,27H,2-5,10-11H2,1H3,(H,26,28,29)(H2,30,31,32)/t13-,14-. The molecule has 4 rings (SSSR count). The summed E-state index contributed by atoms with van der Waals surface area (Å²) < 4.78 is 53.6. The van der Waals surface area contributed by atoms with Gasteiger partial charge in [0.25, 0.3) is 0 Å². The van der Waals surface area contributed by atoms with Crippen molar-refractivity contribution in [3.63, 3.8) is 0 Å². The van der Waals surface area contributed by atoms with Crippen LogP contribution in [0.1, 0.15) is 25.7 Å². The predicted octanol–water partition coefficient (Wildman–Crippen LogP) is 3.28. The van der Waals surface area contributed by atoms with E-state index in [-0.39, 0.29) is 29.7 Å². The van der Waals surface area contributed by atoms with Crippen LogP contribution in [0.2, 0.25) is 0 Å². The second kappa shape index (κ2) is 10.8. The molecule has 1 aliphatic carbocycles. The molecule has 0 atom stereocenters. The highest BCUT2D eigenvalue weighted by atomic mass is 19.4. The molecule has 1 aromatic heterocycles. The normalized spacial score (nSPS) is 20.3. The molecule has 2 aromatic rings. The van der Waals surface area contributed by atoms with Crippen LogP contribution in [-0.2, 0) is 0 Å². The van der Waals surface area contributed by atoms with Crippen molar-refractivity contribution in [2.75, 3.05) is 30.8 Å². The third-order valence-electron chi connectivity index (χ3n) is 5.67.